The molecule has 5 aromatic rings. The lowest BCUT2D eigenvalue weighted by molar-refractivity contribution is 0.0615. The Morgan fingerprint density at radius 1 is 1.00 bits per heavy atom. The van der Waals surface area contributed by atoms with E-state index >= 15 is 0 Å². The Labute approximate surface area is 248 Å². The van der Waals surface area contributed by atoms with Crippen molar-refractivity contribution < 1.29 is 14.3 Å². The van der Waals surface area contributed by atoms with Crippen LogP contribution in [0.25, 0.3) is 22.9 Å². The van der Waals surface area contributed by atoms with Crippen LogP contribution in [0.1, 0.15) is 54.8 Å². The first kappa shape index (κ1) is 27.9. The summed E-state index contributed by atoms with van der Waals surface area (Å²) < 4.78 is 6.00. The van der Waals surface area contributed by atoms with Crippen LogP contribution in [-0.2, 0) is 5.54 Å². The van der Waals surface area contributed by atoms with Crippen LogP contribution in [0.2, 0.25) is 0 Å². The van der Waals surface area contributed by atoms with Crippen LogP contribution in [0.5, 0.6) is 0 Å². The van der Waals surface area contributed by atoms with Crippen LogP contribution in [0.15, 0.2) is 77.7 Å². The van der Waals surface area contributed by atoms with Crippen molar-refractivity contribution in [2.45, 2.75) is 38.8 Å². The van der Waals surface area contributed by atoms with Gasteiger partial charge >= 0.3 is 0 Å². The van der Waals surface area contributed by atoms with E-state index < -0.39 is 11.6 Å². The monoisotopic (exact) mass is 577 g/mol. The maximum absolute atomic E-state index is 13.0. The second-order valence-corrected chi connectivity index (χ2v) is 10.7. The molecule has 0 fully saturated rings. The molecule has 0 saturated heterocycles. The van der Waals surface area contributed by atoms with Gasteiger partial charge in [0.05, 0.1) is 46.3 Å². The molecule has 0 aliphatic carbocycles. The predicted octanol–water partition coefficient (Wildman–Crippen LogP) is 4.97. The lowest BCUT2D eigenvalue weighted by atomic mass is 10.0. The highest BCUT2D eigenvalue weighted by atomic mass is 16.4. The van der Waals surface area contributed by atoms with E-state index in [1.165, 1.54) is 0 Å². The molecule has 1 atom stereocenters. The molecule has 1 amide bonds. The van der Waals surface area contributed by atoms with E-state index in [2.05, 4.69) is 35.8 Å². The van der Waals surface area contributed by atoms with Crippen LogP contribution in [0.3, 0.4) is 0 Å². The average molecular weight is 578 g/mol. The molecule has 1 aliphatic heterocycles. The molecule has 0 bridgehead atoms. The van der Waals surface area contributed by atoms with Crippen LogP contribution >= 0.6 is 0 Å². The molecule has 1 aliphatic rings. The summed E-state index contributed by atoms with van der Waals surface area (Å²) in [7, 11) is 0. The SMILES string of the molecule is CCCN1C(=O)c2cnc(Nc3cc(N[C@H](CO)c4ccccc4)c(-c4nnc(-c5cccnc5)o4)cn3)nc2C1(C)C. The normalized spacial score (nSPS) is 14.4. The number of anilines is 3. The number of carbonyl (C=O) groups is 1. The average Bonchev–Trinajstić information content (AvgIpc) is 3.59. The molecule has 0 radical (unpaired) electrons. The molecule has 3 N–H and O–H groups in total. The van der Waals surface area contributed by atoms with Gasteiger partial charge in [-0.05, 0) is 38.0 Å². The fraction of sp³-hybridized carbons (Fsp3) is 0.258. The molecule has 43 heavy (non-hydrogen) atoms. The zero-order chi connectivity index (χ0) is 30.0. The van der Waals surface area contributed by atoms with Gasteiger partial charge in [0.2, 0.25) is 11.8 Å². The van der Waals surface area contributed by atoms with E-state index in [1.807, 2.05) is 62.1 Å². The summed E-state index contributed by atoms with van der Waals surface area (Å²) in [5, 5.41) is 25.3. The van der Waals surface area contributed by atoms with Crippen molar-refractivity contribution in [3.8, 4) is 22.9 Å². The Morgan fingerprint density at radius 2 is 1.79 bits per heavy atom. The van der Waals surface area contributed by atoms with Crippen molar-refractivity contribution in [2.24, 2.45) is 0 Å². The standard InChI is InChI=1S/C31H31N9O3/c1-4-13-40-29(42)22-17-34-30(37-26(22)31(40,2)3)36-25-14-23(35-24(18-41)19-9-6-5-7-10-19)21(16-33-25)28-39-38-27(43-28)20-11-8-12-32-15-20/h5-12,14-17,24,41H,4,13,18H2,1-3H3,(H2,33,34,35,36,37)/t24-/m1/s1. The smallest absolute Gasteiger partial charge is 0.258 e. The summed E-state index contributed by atoms with van der Waals surface area (Å²) in [5.41, 5.74) is 3.31. The molecule has 0 spiro atoms. The molecule has 12 nitrogen and oxygen atoms in total. The zero-order valence-corrected chi connectivity index (χ0v) is 24.0. The van der Waals surface area contributed by atoms with Gasteiger partial charge in [-0.2, -0.15) is 0 Å². The summed E-state index contributed by atoms with van der Waals surface area (Å²) in [6, 6.07) is 14.6. The van der Waals surface area contributed by atoms with Crippen molar-refractivity contribution >= 4 is 23.4 Å². The van der Waals surface area contributed by atoms with Crippen LogP contribution in [-0.4, -0.2) is 59.2 Å². The van der Waals surface area contributed by atoms with Gasteiger partial charge in [-0.3, -0.25) is 9.78 Å². The Kier molecular flexibility index (Phi) is 7.51. The molecule has 4 aromatic heterocycles. The predicted molar refractivity (Wildman–Crippen MR) is 160 cm³/mol. The molecule has 5 heterocycles. The topological polar surface area (TPSA) is 155 Å². The van der Waals surface area contributed by atoms with Gasteiger partial charge in [0.15, 0.2) is 0 Å². The number of fused-ring (bicyclic) bond motifs is 1. The molecule has 218 valence electrons. The van der Waals surface area contributed by atoms with Gasteiger partial charge in [0.1, 0.15) is 5.82 Å². The number of pyridine rings is 2. The van der Waals surface area contributed by atoms with Gasteiger partial charge in [0.25, 0.3) is 11.8 Å². The summed E-state index contributed by atoms with van der Waals surface area (Å²) >= 11 is 0. The van der Waals surface area contributed by atoms with E-state index in [1.54, 1.807) is 36.9 Å². The molecule has 0 saturated carbocycles. The largest absolute Gasteiger partial charge is 0.416 e. The lowest BCUT2D eigenvalue weighted by Crippen LogP contribution is -2.39. The number of nitrogens with zero attached hydrogens (tertiary/aromatic N) is 7. The first-order chi connectivity index (χ1) is 20.9. The lowest BCUT2D eigenvalue weighted by Gasteiger charge is -2.31. The fourth-order valence-corrected chi connectivity index (χ4v) is 5.17. The highest BCUT2D eigenvalue weighted by molar-refractivity contribution is 5.99. The number of hydrogen-bond acceptors (Lipinski definition) is 11. The van der Waals surface area contributed by atoms with Crippen molar-refractivity contribution in [2.75, 3.05) is 23.8 Å². The summed E-state index contributed by atoms with van der Waals surface area (Å²) in [5.74, 6) is 1.25. The number of amides is 1. The summed E-state index contributed by atoms with van der Waals surface area (Å²) in [4.78, 5) is 32.7. The number of aliphatic hydroxyl groups is 1. The quantitative estimate of drug-likeness (QED) is 0.206. The van der Waals surface area contributed by atoms with E-state index in [-0.39, 0.29) is 18.4 Å². The highest BCUT2D eigenvalue weighted by Crippen LogP contribution is 2.38. The molecular weight excluding hydrogens is 546 g/mol. The van der Waals surface area contributed by atoms with Gasteiger partial charge < -0.3 is 25.1 Å². The summed E-state index contributed by atoms with van der Waals surface area (Å²) in [6.45, 7) is 6.49. The van der Waals surface area contributed by atoms with Crippen molar-refractivity contribution in [3.05, 3.63) is 90.1 Å². The van der Waals surface area contributed by atoms with Crippen molar-refractivity contribution in [1.82, 2.24) is 35.0 Å². The molecular formula is C31H31N9O3. The Balaban J connectivity index is 1.35. The first-order valence-electron chi connectivity index (χ1n) is 14.0. The second-order valence-electron chi connectivity index (χ2n) is 10.7. The molecule has 0 unspecified atom stereocenters. The Hall–Kier alpha value is -5.23. The van der Waals surface area contributed by atoms with Gasteiger partial charge in [-0.25, -0.2) is 15.0 Å². The highest BCUT2D eigenvalue weighted by Gasteiger charge is 2.44. The summed E-state index contributed by atoms with van der Waals surface area (Å²) in [6.07, 6.45) is 7.32. The van der Waals surface area contributed by atoms with Gasteiger partial charge in [0, 0.05) is 37.4 Å². The fourth-order valence-electron chi connectivity index (χ4n) is 5.17. The minimum absolute atomic E-state index is 0.0662. The maximum Gasteiger partial charge on any atom is 0.258 e. The van der Waals surface area contributed by atoms with Crippen molar-refractivity contribution in [1.29, 1.82) is 0 Å². The minimum Gasteiger partial charge on any atom is -0.416 e. The van der Waals surface area contributed by atoms with Gasteiger partial charge in [-0.15, -0.1) is 10.2 Å². The van der Waals surface area contributed by atoms with Crippen LogP contribution in [0, 0.1) is 0 Å². The molecule has 12 heteroatoms. The second kappa shape index (κ2) is 11.6. The number of nitrogens with one attached hydrogen (secondary N) is 2. The Morgan fingerprint density at radius 3 is 2.53 bits per heavy atom. The third kappa shape index (κ3) is 5.40. The number of rotatable bonds is 10. The van der Waals surface area contributed by atoms with E-state index in [4.69, 9.17) is 9.40 Å². The zero-order valence-electron chi connectivity index (χ0n) is 24.0. The number of aromatic nitrogens is 6. The van der Waals surface area contributed by atoms with E-state index in [9.17, 15) is 9.90 Å². The third-order valence-electron chi connectivity index (χ3n) is 7.39. The van der Waals surface area contributed by atoms with Crippen LogP contribution < -0.4 is 10.6 Å². The maximum atomic E-state index is 13.0. The van der Waals surface area contributed by atoms with E-state index in [0.29, 0.717) is 52.3 Å². The number of benzene rings is 1. The molecule has 1 aromatic carbocycles. The number of aliphatic hydroxyl groups excluding tert-OH is 1. The van der Waals surface area contributed by atoms with E-state index in [0.717, 1.165) is 12.0 Å². The minimum atomic E-state index is -0.570. The number of hydrogen-bond donors (Lipinski definition) is 3. The van der Waals surface area contributed by atoms with Crippen LogP contribution in [0.4, 0.5) is 17.5 Å². The number of carbonyl (C=O) groups excluding carboxylic acids is 1. The van der Waals surface area contributed by atoms with Gasteiger partial charge in [-0.1, -0.05) is 37.3 Å². The third-order valence-corrected chi connectivity index (χ3v) is 7.39. The first-order valence-corrected chi connectivity index (χ1v) is 14.0. The molecule has 6 rings (SSSR count). The Bertz CT molecular complexity index is 1740. The van der Waals surface area contributed by atoms with Crippen molar-refractivity contribution in [3.63, 3.8) is 0 Å².